The van der Waals surface area contributed by atoms with E-state index in [1.807, 2.05) is 19.1 Å². The number of methoxy groups -OCH3 is 1. The van der Waals surface area contributed by atoms with Gasteiger partial charge < -0.3 is 10.1 Å². The van der Waals surface area contributed by atoms with Gasteiger partial charge in [0.1, 0.15) is 11.6 Å². The van der Waals surface area contributed by atoms with Crippen molar-refractivity contribution in [2.75, 3.05) is 13.7 Å². The third-order valence-electron chi connectivity index (χ3n) is 3.41. The zero-order chi connectivity index (χ0) is 15.2. The lowest BCUT2D eigenvalue weighted by Gasteiger charge is -2.22. The molecule has 0 aliphatic heterocycles. The van der Waals surface area contributed by atoms with Gasteiger partial charge in [-0.05, 0) is 32.0 Å². The van der Waals surface area contributed by atoms with Gasteiger partial charge in [-0.25, -0.2) is 4.39 Å². The van der Waals surface area contributed by atoms with E-state index in [1.165, 1.54) is 6.07 Å². The van der Waals surface area contributed by atoms with Crippen LogP contribution >= 0.6 is 0 Å². The zero-order valence-corrected chi connectivity index (χ0v) is 12.7. The van der Waals surface area contributed by atoms with Crippen LogP contribution in [0.4, 0.5) is 4.39 Å². The summed E-state index contributed by atoms with van der Waals surface area (Å²) in [4.78, 5) is 4.07. The Bertz CT molecular complexity index is 601. The molecule has 1 aromatic carbocycles. The molecule has 1 aromatic heterocycles. The molecule has 0 radical (unpaired) electrons. The third-order valence-corrected chi connectivity index (χ3v) is 3.41. The molecule has 1 heterocycles. The molecule has 3 nitrogen and oxygen atoms in total. The molecule has 0 amide bonds. The van der Waals surface area contributed by atoms with Gasteiger partial charge in [0.25, 0.3) is 0 Å². The van der Waals surface area contributed by atoms with Crippen molar-refractivity contribution in [3.63, 3.8) is 0 Å². The topological polar surface area (TPSA) is 34.2 Å². The van der Waals surface area contributed by atoms with Crippen molar-refractivity contribution in [3.8, 4) is 5.75 Å². The smallest absolute Gasteiger partial charge is 0.142 e. The Balaban J connectivity index is 2.49. The van der Waals surface area contributed by atoms with E-state index in [0.29, 0.717) is 11.3 Å². The highest BCUT2D eigenvalue weighted by Crippen LogP contribution is 2.31. The number of benzene rings is 1. The number of aromatic nitrogens is 1. The first kappa shape index (κ1) is 15.4. The summed E-state index contributed by atoms with van der Waals surface area (Å²) in [7, 11) is 1.60. The van der Waals surface area contributed by atoms with Crippen molar-refractivity contribution < 1.29 is 9.13 Å². The monoisotopic (exact) mass is 288 g/mol. The maximum absolute atomic E-state index is 14.3. The maximum Gasteiger partial charge on any atom is 0.142 e. The number of ether oxygens (including phenoxy) is 1. The molecule has 0 fully saturated rings. The minimum absolute atomic E-state index is 0.215. The molecule has 2 aromatic rings. The summed E-state index contributed by atoms with van der Waals surface area (Å²) in [6.45, 7) is 4.84. The molecular formula is C17H21FN2O. The summed E-state index contributed by atoms with van der Waals surface area (Å²) < 4.78 is 19.6. The van der Waals surface area contributed by atoms with E-state index in [-0.39, 0.29) is 11.9 Å². The lowest BCUT2D eigenvalue weighted by molar-refractivity contribution is 0.400. The van der Waals surface area contributed by atoms with E-state index >= 15 is 0 Å². The van der Waals surface area contributed by atoms with Crippen LogP contribution in [0.2, 0.25) is 0 Å². The zero-order valence-electron chi connectivity index (χ0n) is 12.7. The van der Waals surface area contributed by atoms with Crippen LogP contribution in [0.15, 0.2) is 36.7 Å². The van der Waals surface area contributed by atoms with Crippen LogP contribution in [0.3, 0.4) is 0 Å². The summed E-state index contributed by atoms with van der Waals surface area (Å²) in [6, 6.07) is 6.79. The Morgan fingerprint density at radius 3 is 2.81 bits per heavy atom. The highest BCUT2D eigenvalue weighted by atomic mass is 19.1. The Kier molecular flexibility index (Phi) is 5.28. The maximum atomic E-state index is 14.3. The van der Waals surface area contributed by atoms with E-state index in [4.69, 9.17) is 4.74 Å². The van der Waals surface area contributed by atoms with Gasteiger partial charge in [0, 0.05) is 17.3 Å². The molecule has 2 rings (SSSR count). The van der Waals surface area contributed by atoms with Gasteiger partial charge in [-0.1, -0.05) is 24.6 Å². The fourth-order valence-electron chi connectivity index (χ4n) is 2.36. The Morgan fingerprint density at radius 1 is 1.29 bits per heavy atom. The molecule has 0 aliphatic rings. The van der Waals surface area contributed by atoms with Crippen molar-refractivity contribution >= 4 is 0 Å². The van der Waals surface area contributed by atoms with Crippen LogP contribution < -0.4 is 10.1 Å². The van der Waals surface area contributed by atoms with Crippen molar-refractivity contribution in [2.24, 2.45) is 0 Å². The van der Waals surface area contributed by atoms with E-state index in [0.717, 1.165) is 24.1 Å². The molecule has 0 spiro atoms. The first-order valence-electron chi connectivity index (χ1n) is 7.14. The number of hydrogen-bond acceptors (Lipinski definition) is 3. The number of aryl methyl sites for hydroxylation is 1. The largest absolute Gasteiger partial charge is 0.495 e. The number of rotatable bonds is 6. The first-order chi connectivity index (χ1) is 10.2. The summed E-state index contributed by atoms with van der Waals surface area (Å²) >= 11 is 0. The van der Waals surface area contributed by atoms with Crippen molar-refractivity contribution in [1.82, 2.24) is 10.3 Å². The molecular weight excluding hydrogens is 267 g/mol. The number of nitrogens with one attached hydrogen (secondary N) is 1. The van der Waals surface area contributed by atoms with Crippen molar-refractivity contribution in [2.45, 2.75) is 26.3 Å². The second-order valence-electron chi connectivity index (χ2n) is 5.03. The average Bonchev–Trinajstić information content (AvgIpc) is 2.51. The summed E-state index contributed by atoms with van der Waals surface area (Å²) in [5.74, 6) is 0.445. The van der Waals surface area contributed by atoms with Gasteiger partial charge in [0.15, 0.2) is 0 Å². The van der Waals surface area contributed by atoms with E-state index < -0.39 is 0 Å². The molecule has 0 bridgehead atoms. The Morgan fingerprint density at radius 2 is 2.10 bits per heavy atom. The second kappa shape index (κ2) is 7.18. The lowest BCUT2D eigenvalue weighted by atomic mass is 9.96. The Labute approximate surface area is 125 Å². The molecule has 1 atom stereocenters. The van der Waals surface area contributed by atoms with Gasteiger partial charge >= 0.3 is 0 Å². The predicted octanol–water partition coefficient (Wildman–Crippen LogP) is 3.63. The van der Waals surface area contributed by atoms with Gasteiger partial charge in [0.05, 0.1) is 19.3 Å². The molecule has 0 saturated carbocycles. The SMILES string of the molecule is CCCNC(c1cc(C)ccc1F)c1ccncc1OC. The minimum Gasteiger partial charge on any atom is -0.495 e. The molecule has 1 unspecified atom stereocenters. The Hall–Kier alpha value is -1.94. The highest BCUT2D eigenvalue weighted by molar-refractivity contribution is 5.41. The molecule has 112 valence electrons. The van der Waals surface area contributed by atoms with Gasteiger partial charge in [-0.2, -0.15) is 0 Å². The lowest BCUT2D eigenvalue weighted by Crippen LogP contribution is -2.24. The van der Waals surface area contributed by atoms with E-state index in [1.54, 1.807) is 25.6 Å². The molecule has 0 saturated heterocycles. The van der Waals surface area contributed by atoms with E-state index in [2.05, 4.69) is 17.2 Å². The van der Waals surface area contributed by atoms with Crippen LogP contribution in [0.1, 0.15) is 36.1 Å². The van der Waals surface area contributed by atoms with Gasteiger partial charge in [0.2, 0.25) is 0 Å². The summed E-state index contributed by atoms with van der Waals surface area (Å²) in [5.41, 5.74) is 2.56. The fourth-order valence-corrected chi connectivity index (χ4v) is 2.36. The number of halogens is 1. The second-order valence-corrected chi connectivity index (χ2v) is 5.03. The first-order valence-corrected chi connectivity index (χ1v) is 7.14. The molecule has 0 aliphatic carbocycles. The van der Waals surface area contributed by atoms with Crippen LogP contribution in [-0.4, -0.2) is 18.6 Å². The number of pyridine rings is 1. The minimum atomic E-state index is -0.247. The van der Waals surface area contributed by atoms with Gasteiger partial charge in [-0.15, -0.1) is 0 Å². The fraction of sp³-hybridized carbons (Fsp3) is 0.353. The normalized spacial score (nSPS) is 12.2. The van der Waals surface area contributed by atoms with Crippen LogP contribution in [0.25, 0.3) is 0 Å². The van der Waals surface area contributed by atoms with Crippen LogP contribution in [0, 0.1) is 12.7 Å². The summed E-state index contributed by atoms with van der Waals surface area (Å²) in [6.07, 6.45) is 4.33. The standard InChI is InChI=1S/C17H21FN2O/c1-4-8-20-17(13-7-9-19-11-16(13)21-3)14-10-12(2)5-6-15(14)18/h5-7,9-11,17,20H,4,8H2,1-3H3. The number of nitrogens with zero attached hydrogens (tertiary/aromatic N) is 1. The van der Waals surface area contributed by atoms with E-state index in [9.17, 15) is 4.39 Å². The summed E-state index contributed by atoms with van der Waals surface area (Å²) in [5, 5.41) is 3.40. The predicted molar refractivity (Wildman–Crippen MR) is 82.1 cm³/mol. The van der Waals surface area contributed by atoms with Crippen LogP contribution in [-0.2, 0) is 0 Å². The quantitative estimate of drug-likeness (QED) is 0.881. The highest BCUT2D eigenvalue weighted by Gasteiger charge is 2.20. The van der Waals surface area contributed by atoms with Gasteiger partial charge in [-0.3, -0.25) is 4.98 Å². The molecule has 21 heavy (non-hydrogen) atoms. The van der Waals surface area contributed by atoms with Crippen molar-refractivity contribution in [1.29, 1.82) is 0 Å². The van der Waals surface area contributed by atoms with Crippen LogP contribution in [0.5, 0.6) is 5.75 Å². The average molecular weight is 288 g/mol. The van der Waals surface area contributed by atoms with Crippen molar-refractivity contribution in [3.05, 3.63) is 59.2 Å². The molecule has 4 heteroatoms. The molecule has 1 N–H and O–H groups in total. The third kappa shape index (κ3) is 3.58. The number of hydrogen-bond donors (Lipinski definition) is 1.